The van der Waals surface area contributed by atoms with Crippen molar-refractivity contribution in [1.29, 1.82) is 0 Å². The Morgan fingerprint density at radius 1 is 1.21 bits per heavy atom. The molecular weight excluding hydrogens is 436 g/mol. The quantitative estimate of drug-likeness (QED) is 0.544. The average Bonchev–Trinajstić information content (AvgIpc) is 3.48. The molecule has 2 aromatic carbocycles. The molecule has 1 aliphatic heterocycles. The first kappa shape index (κ1) is 22.5. The van der Waals surface area contributed by atoms with Crippen molar-refractivity contribution in [1.82, 2.24) is 9.78 Å². The molecule has 3 aromatic rings. The number of carbonyl (C=O) groups is 1. The molecule has 0 spiro atoms. The molecule has 1 aromatic heterocycles. The fourth-order valence-electron chi connectivity index (χ4n) is 3.65. The lowest BCUT2D eigenvalue weighted by molar-refractivity contribution is 0.138. The number of anilines is 1. The highest BCUT2D eigenvalue weighted by Crippen LogP contribution is 2.34. The molecule has 0 aliphatic carbocycles. The Morgan fingerprint density at radius 2 is 2.06 bits per heavy atom. The number of hydrogen-bond acceptors (Lipinski definition) is 5. The van der Waals surface area contributed by atoms with E-state index in [0.29, 0.717) is 24.7 Å². The van der Waals surface area contributed by atoms with Gasteiger partial charge in [0.2, 0.25) is 0 Å². The van der Waals surface area contributed by atoms with Crippen molar-refractivity contribution < 1.29 is 32.9 Å². The van der Waals surface area contributed by atoms with Gasteiger partial charge in [0, 0.05) is 30.8 Å². The summed E-state index contributed by atoms with van der Waals surface area (Å²) in [5, 5.41) is 13.9. The Balaban J connectivity index is 1.54. The molecule has 1 N–H and O–H groups in total. The summed E-state index contributed by atoms with van der Waals surface area (Å²) in [5.41, 5.74) is 1.58. The van der Waals surface area contributed by atoms with Crippen molar-refractivity contribution in [2.45, 2.75) is 19.1 Å². The highest BCUT2D eigenvalue weighted by molar-refractivity contribution is 5.85. The van der Waals surface area contributed by atoms with Crippen molar-refractivity contribution in [2.75, 3.05) is 31.8 Å². The van der Waals surface area contributed by atoms with Crippen molar-refractivity contribution in [3.8, 4) is 22.8 Å². The second-order valence-electron chi connectivity index (χ2n) is 7.44. The second kappa shape index (κ2) is 9.86. The molecule has 1 fully saturated rings. The van der Waals surface area contributed by atoms with Gasteiger partial charge in [0.1, 0.15) is 6.10 Å². The van der Waals surface area contributed by atoms with E-state index >= 15 is 0 Å². The van der Waals surface area contributed by atoms with Crippen LogP contribution < -0.4 is 14.4 Å². The van der Waals surface area contributed by atoms with Gasteiger partial charge in [-0.25, -0.2) is 13.6 Å². The third kappa shape index (κ3) is 5.06. The molecule has 1 atom stereocenters. The van der Waals surface area contributed by atoms with Gasteiger partial charge in [-0.3, -0.25) is 9.58 Å². The number of nitrogens with zero attached hydrogens (tertiary/aromatic N) is 3. The van der Waals surface area contributed by atoms with Gasteiger partial charge in [0.15, 0.2) is 23.1 Å². The van der Waals surface area contributed by atoms with E-state index in [-0.39, 0.29) is 24.9 Å². The van der Waals surface area contributed by atoms with Crippen molar-refractivity contribution in [3.63, 3.8) is 0 Å². The number of halogens is 2. The highest BCUT2D eigenvalue weighted by atomic mass is 19.2. The molecule has 1 saturated heterocycles. The van der Waals surface area contributed by atoms with E-state index in [4.69, 9.17) is 14.2 Å². The van der Waals surface area contributed by atoms with E-state index in [9.17, 15) is 18.7 Å². The first-order chi connectivity index (χ1) is 16.0. The number of rotatable bonds is 8. The molecule has 0 saturated carbocycles. The monoisotopic (exact) mass is 459 g/mol. The highest BCUT2D eigenvalue weighted by Gasteiger charge is 2.21. The fraction of sp³-hybridized carbons (Fsp3) is 0.304. The summed E-state index contributed by atoms with van der Waals surface area (Å²) in [7, 11) is 1.57. The second-order valence-corrected chi connectivity index (χ2v) is 7.44. The molecule has 1 amide bonds. The summed E-state index contributed by atoms with van der Waals surface area (Å²) in [4.78, 5) is 12.7. The number of methoxy groups -OCH3 is 1. The van der Waals surface area contributed by atoms with Crippen molar-refractivity contribution >= 4 is 11.8 Å². The van der Waals surface area contributed by atoms with Gasteiger partial charge in [0.25, 0.3) is 0 Å². The summed E-state index contributed by atoms with van der Waals surface area (Å²) in [6.07, 6.45) is 1.06. The zero-order chi connectivity index (χ0) is 23.4. The molecular formula is C23H23F2N3O5. The molecule has 1 aliphatic rings. The first-order valence-corrected chi connectivity index (χ1v) is 10.4. The van der Waals surface area contributed by atoms with Crippen LogP contribution in [0.3, 0.4) is 0 Å². The Morgan fingerprint density at radius 3 is 2.76 bits per heavy atom. The molecule has 10 heteroatoms. The summed E-state index contributed by atoms with van der Waals surface area (Å²) in [6.45, 7) is 1.33. The zero-order valence-electron chi connectivity index (χ0n) is 17.9. The van der Waals surface area contributed by atoms with Crippen LogP contribution in [0.2, 0.25) is 0 Å². The van der Waals surface area contributed by atoms with Gasteiger partial charge in [-0.15, -0.1) is 0 Å². The van der Waals surface area contributed by atoms with Crippen LogP contribution in [-0.4, -0.2) is 54.0 Å². The SMILES string of the molecule is COc1ccc(-c2ccnn2CCN(C(=O)O)c2ccc(F)c(F)c2)cc1O[C@@H]1CCOC1. The molecule has 8 nitrogen and oxygen atoms in total. The Labute approximate surface area is 188 Å². The lowest BCUT2D eigenvalue weighted by Gasteiger charge is -2.20. The fourth-order valence-corrected chi connectivity index (χ4v) is 3.65. The molecule has 174 valence electrons. The Bertz CT molecular complexity index is 1130. The normalized spacial score (nSPS) is 15.4. The third-order valence-corrected chi connectivity index (χ3v) is 5.34. The minimum atomic E-state index is -1.28. The van der Waals surface area contributed by atoms with Crippen molar-refractivity contribution in [2.24, 2.45) is 0 Å². The van der Waals surface area contributed by atoms with Crippen molar-refractivity contribution in [3.05, 3.63) is 60.3 Å². The maximum atomic E-state index is 13.6. The average molecular weight is 459 g/mol. The number of aromatic nitrogens is 2. The van der Waals surface area contributed by atoms with Crippen LogP contribution in [0.25, 0.3) is 11.3 Å². The summed E-state index contributed by atoms with van der Waals surface area (Å²) >= 11 is 0. The number of carboxylic acid groups (broad SMARTS) is 1. The van der Waals surface area contributed by atoms with Gasteiger partial charge in [0.05, 0.1) is 38.2 Å². The van der Waals surface area contributed by atoms with Crippen LogP contribution in [0, 0.1) is 11.6 Å². The van der Waals surface area contributed by atoms with Crippen LogP contribution in [0.1, 0.15) is 6.42 Å². The molecule has 0 unspecified atom stereocenters. The van der Waals surface area contributed by atoms with Crippen LogP contribution in [0.4, 0.5) is 19.3 Å². The minimum absolute atomic E-state index is 0.0198. The number of hydrogen-bond donors (Lipinski definition) is 1. The molecule has 33 heavy (non-hydrogen) atoms. The lowest BCUT2D eigenvalue weighted by Crippen LogP contribution is -2.33. The van der Waals surface area contributed by atoms with Gasteiger partial charge in [-0.05, 0) is 36.4 Å². The smallest absolute Gasteiger partial charge is 0.411 e. The third-order valence-electron chi connectivity index (χ3n) is 5.34. The van der Waals surface area contributed by atoms with Crippen LogP contribution >= 0.6 is 0 Å². The van der Waals surface area contributed by atoms with Crippen LogP contribution in [0.5, 0.6) is 11.5 Å². The van der Waals surface area contributed by atoms with Crippen LogP contribution in [-0.2, 0) is 11.3 Å². The summed E-state index contributed by atoms with van der Waals surface area (Å²) in [5.74, 6) is -0.989. The summed E-state index contributed by atoms with van der Waals surface area (Å²) in [6, 6.07) is 10.3. The van der Waals surface area contributed by atoms with E-state index in [1.165, 1.54) is 6.07 Å². The van der Waals surface area contributed by atoms with Gasteiger partial charge < -0.3 is 19.3 Å². The van der Waals surface area contributed by atoms with E-state index in [1.807, 2.05) is 12.1 Å². The molecule has 4 rings (SSSR count). The minimum Gasteiger partial charge on any atom is -0.493 e. The number of ether oxygens (including phenoxy) is 3. The molecule has 0 bridgehead atoms. The lowest BCUT2D eigenvalue weighted by atomic mass is 10.1. The van der Waals surface area contributed by atoms with Gasteiger partial charge in [-0.2, -0.15) is 5.10 Å². The van der Waals surface area contributed by atoms with E-state index in [1.54, 1.807) is 30.1 Å². The standard InChI is InChI=1S/C23H23F2N3O5/c1-31-21-5-2-15(12-22(21)33-17-7-11-32-14-17)20-6-8-26-28(20)10-9-27(23(29)30)16-3-4-18(24)19(25)13-16/h2-6,8,12-13,17H,7,9-11,14H2,1H3,(H,29,30)/t17-/m1/s1. The Kier molecular flexibility index (Phi) is 6.74. The maximum Gasteiger partial charge on any atom is 0.411 e. The van der Waals surface area contributed by atoms with Crippen LogP contribution in [0.15, 0.2) is 48.7 Å². The first-order valence-electron chi connectivity index (χ1n) is 10.4. The largest absolute Gasteiger partial charge is 0.493 e. The van der Waals surface area contributed by atoms with E-state index in [2.05, 4.69) is 5.10 Å². The topological polar surface area (TPSA) is 86.1 Å². The zero-order valence-corrected chi connectivity index (χ0v) is 17.9. The van der Waals surface area contributed by atoms with E-state index < -0.39 is 17.7 Å². The number of benzene rings is 2. The predicted octanol–water partition coefficient (Wildman–Crippen LogP) is 4.19. The molecule has 2 heterocycles. The maximum absolute atomic E-state index is 13.6. The van der Waals surface area contributed by atoms with Gasteiger partial charge in [-0.1, -0.05) is 0 Å². The summed E-state index contributed by atoms with van der Waals surface area (Å²) < 4.78 is 45.3. The van der Waals surface area contributed by atoms with Gasteiger partial charge >= 0.3 is 6.09 Å². The van der Waals surface area contributed by atoms with E-state index in [0.717, 1.165) is 34.7 Å². The predicted molar refractivity (Wildman–Crippen MR) is 116 cm³/mol. The Hall–Kier alpha value is -3.66. The number of amides is 1. The molecule has 0 radical (unpaired) electrons.